The van der Waals surface area contributed by atoms with Gasteiger partial charge in [-0.25, -0.2) is 0 Å². The van der Waals surface area contributed by atoms with Gasteiger partial charge < -0.3 is 9.80 Å². The smallest absolute Gasteiger partial charge is 0.236 e. The first kappa shape index (κ1) is 16.3. The van der Waals surface area contributed by atoms with Gasteiger partial charge in [0.1, 0.15) is 0 Å². The Bertz CT molecular complexity index is 486. The van der Waals surface area contributed by atoms with Gasteiger partial charge in [0, 0.05) is 37.2 Å². The van der Waals surface area contributed by atoms with Crippen molar-refractivity contribution in [1.82, 2.24) is 14.7 Å². The van der Waals surface area contributed by atoms with Crippen LogP contribution in [0.1, 0.15) is 18.5 Å². The van der Waals surface area contributed by atoms with E-state index < -0.39 is 0 Å². The van der Waals surface area contributed by atoms with Gasteiger partial charge in [-0.3, -0.25) is 9.69 Å². The minimum Gasteiger partial charge on any atom is -0.339 e. The average Bonchev–Trinajstić information content (AvgIpc) is 2.47. The summed E-state index contributed by atoms with van der Waals surface area (Å²) in [4.78, 5) is 18.6. The zero-order chi connectivity index (χ0) is 15.4. The third-order valence-electron chi connectivity index (χ3n) is 4.23. The molecule has 1 atom stereocenters. The van der Waals surface area contributed by atoms with Crippen molar-refractivity contribution in [3.63, 3.8) is 0 Å². The van der Waals surface area contributed by atoms with Crippen molar-refractivity contribution >= 4 is 17.5 Å². The molecule has 1 fully saturated rings. The molecule has 1 saturated heterocycles. The summed E-state index contributed by atoms with van der Waals surface area (Å²) in [7, 11) is 4.08. The average molecular weight is 310 g/mol. The lowest BCUT2D eigenvalue weighted by molar-refractivity contribution is -0.134. The fourth-order valence-corrected chi connectivity index (χ4v) is 2.73. The quantitative estimate of drug-likeness (QED) is 0.852. The van der Waals surface area contributed by atoms with Crippen molar-refractivity contribution in [2.75, 3.05) is 46.8 Å². The van der Waals surface area contributed by atoms with Crippen LogP contribution < -0.4 is 0 Å². The zero-order valence-corrected chi connectivity index (χ0v) is 13.8. The molecule has 0 saturated carbocycles. The van der Waals surface area contributed by atoms with E-state index in [1.54, 1.807) is 0 Å². The predicted molar refractivity (Wildman–Crippen MR) is 86.6 cm³/mol. The highest BCUT2D eigenvalue weighted by molar-refractivity contribution is 6.30. The number of amides is 1. The van der Waals surface area contributed by atoms with Crippen LogP contribution in [0.15, 0.2) is 24.3 Å². The number of benzene rings is 1. The molecule has 0 spiro atoms. The Balaban J connectivity index is 1.91. The third kappa shape index (κ3) is 4.43. The molecule has 21 heavy (non-hydrogen) atoms. The van der Waals surface area contributed by atoms with Crippen LogP contribution in [0, 0.1) is 0 Å². The van der Waals surface area contributed by atoms with Crippen molar-refractivity contribution in [2.45, 2.75) is 13.0 Å². The monoisotopic (exact) mass is 309 g/mol. The molecule has 116 valence electrons. The highest BCUT2D eigenvalue weighted by Gasteiger charge is 2.22. The molecule has 0 radical (unpaired) electrons. The van der Waals surface area contributed by atoms with E-state index in [1.807, 2.05) is 36.2 Å². The van der Waals surface area contributed by atoms with E-state index in [-0.39, 0.29) is 11.9 Å². The molecular formula is C16H24ClN3O. The van der Waals surface area contributed by atoms with Gasteiger partial charge >= 0.3 is 0 Å². The van der Waals surface area contributed by atoms with Crippen LogP contribution in [-0.2, 0) is 4.79 Å². The number of likely N-dealkylation sites (N-methyl/N-ethyl adjacent to an activating group) is 2. The fraction of sp³-hybridized carbons (Fsp3) is 0.562. The molecule has 5 heteroatoms. The molecule has 1 aliphatic heterocycles. The van der Waals surface area contributed by atoms with Gasteiger partial charge in [0.05, 0.1) is 6.54 Å². The maximum atomic E-state index is 12.4. The number of rotatable bonds is 4. The summed E-state index contributed by atoms with van der Waals surface area (Å²) in [5.74, 6) is 0.208. The Labute approximate surface area is 132 Å². The number of carbonyl (C=O) groups is 1. The van der Waals surface area contributed by atoms with E-state index in [4.69, 9.17) is 11.6 Å². The van der Waals surface area contributed by atoms with E-state index in [0.717, 1.165) is 36.8 Å². The topological polar surface area (TPSA) is 26.8 Å². The molecule has 1 unspecified atom stereocenters. The van der Waals surface area contributed by atoms with Gasteiger partial charge in [0.2, 0.25) is 5.91 Å². The van der Waals surface area contributed by atoms with Crippen LogP contribution in [0.25, 0.3) is 0 Å². The number of piperazine rings is 1. The standard InChI is InChI=1S/C16H24ClN3O/c1-13(14-5-4-6-15(17)11-14)19(3)12-16(21)20-9-7-18(2)8-10-20/h4-6,11,13H,7-10,12H2,1-3H3. The van der Waals surface area contributed by atoms with Crippen LogP contribution in [0.2, 0.25) is 5.02 Å². The molecule has 0 bridgehead atoms. The summed E-state index contributed by atoms with van der Waals surface area (Å²) in [5.41, 5.74) is 1.14. The van der Waals surface area contributed by atoms with Gasteiger partial charge in [-0.2, -0.15) is 0 Å². The second-order valence-corrected chi connectivity index (χ2v) is 6.27. The first-order valence-electron chi connectivity index (χ1n) is 7.39. The van der Waals surface area contributed by atoms with E-state index in [9.17, 15) is 4.79 Å². The number of hydrogen-bond acceptors (Lipinski definition) is 3. The van der Waals surface area contributed by atoms with Crippen molar-refractivity contribution in [3.8, 4) is 0 Å². The van der Waals surface area contributed by atoms with Crippen LogP contribution in [0.4, 0.5) is 0 Å². The summed E-state index contributed by atoms with van der Waals surface area (Å²) in [6, 6.07) is 7.99. The summed E-state index contributed by atoms with van der Waals surface area (Å²) in [6.45, 7) is 6.11. The molecule has 0 aliphatic carbocycles. The largest absolute Gasteiger partial charge is 0.339 e. The zero-order valence-electron chi connectivity index (χ0n) is 13.1. The summed E-state index contributed by atoms with van der Waals surface area (Å²) in [6.07, 6.45) is 0. The van der Waals surface area contributed by atoms with Crippen molar-refractivity contribution < 1.29 is 4.79 Å². The summed E-state index contributed by atoms with van der Waals surface area (Å²) < 4.78 is 0. The Morgan fingerprint density at radius 1 is 1.33 bits per heavy atom. The molecule has 4 nitrogen and oxygen atoms in total. The molecular weight excluding hydrogens is 286 g/mol. The highest BCUT2D eigenvalue weighted by Crippen LogP contribution is 2.21. The fourth-order valence-electron chi connectivity index (χ4n) is 2.53. The first-order chi connectivity index (χ1) is 9.97. The molecule has 1 aliphatic rings. The SMILES string of the molecule is CC(c1cccc(Cl)c1)N(C)CC(=O)N1CCN(C)CC1. The lowest BCUT2D eigenvalue weighted by atomic mass is 10.1. The molecule has 0 N–H and O–H groups in total. The lowest BCUT2D eigenvalue weighted by Crippen LogP contribution is -2.49. The van der Waals surface area contributed by atoms with E-state index in [1.165, 1.54) is 0 Å². The molecule has 1 amide bonds. The van der Waals surface area contributed by atoms with E-state index >= 15 is 0 Å². The van der Waals surface area contributed by atoms with Crippen molar-refractivity contribution in [2.24, 2.45) is 0 Å². The van der Waals surface area contributed by atoms with Crippen LogP contribution in [-0.4, -0.2) is 67.4 Å². The first-order valence-corrected chi connectivity index (χ1v) is 7.77. The second kappa shape index (κ2) is 7.25. The Hall–Kier alpha value is -1.10. The third-order valence-corrected chi connectivity index (χ3v) is 4.47. The number of carbonyl (C=O) groups excluding carboxylic acids is 1. The minimum atomic E-state index is 0.167. The van der Waals surface area contributed by atoms with Gasteiger partial charge in [-0.15, -0.1) is 0 Å². The number of halogens is 1. The molecule has 1 heterocycles. The Morgan fingerprint density at radius 3 is 2.62 bits per heavy atom. The van der Waals surface area contributed by atoms with Gasteiger partial charge in [-0.05, 0) is 38.7 Å². The maximum absolute atomic E-state index is 12.4. The van der Waals surface area contributed by atoms with Crippen LogP contribution in [0.5, 0.6) is 0 Å². The summed E-state index contributed by atoms with van der Waals surface area (Å²) >= 11 is 6.04. The van der Waals surface area contributed by atoms with Crippen molar-refractivity contribution in [1.29, 1.82) is 0 Å². The van der Waals surface area contributed by atoms with E-state index in [0.29, 0.717) is 6.54 Å². The summed E-state index contributed by atoms with van der Waals surface area (Å²) in [5, 5.41) is 0.734. The normalized spacial score (nSPS) is 18.0. The Kier molecular flexibility index (Phi) is 5.62. The lowest BCUT2D eigenvalue weighted by Gasteiger charge is -2.34. The van der Waals surface area contributed by atoms with Crippen LogP contribution >= 0.6 is 11.6 Å². The van der Waals surface area contributed by atoms with Gasteiger partial charge in [-0.1, -0.05) is 23.7 Å². The van der Waals surface area contributed by atoms with E-state index in [2.05, 4.69) is 23.8 Å². The van der Waals surface area contributed by atoms with Crippen molar-refractivity contribution in [3.05, 3.63) is 34.9 Å². The maximum Gasteiger partial charge on any atom is 0.236 e. The highest BCUT2D eigenvalue weighted by atomic mass is 35.5. The molecule has 0 aromatic heterocycles. The number of nitrogens with zero attached hydrogens (tertiary/aromatic N) is 3. The second-order valence-electron chi connectivity index (χ2n) is 5.83. The molecule has 1 aromatic carbocycles. The minimum absolute atomic E-state index is 0.167. The molecule has 2 rings (SSSR count). The van der Waals surface area contributed by atoms with Gasteiger partial charge in [0.25, 0.3) is 0 Å². The molecule has 1 aromatic rings. The Morgan fingerprint density at radius 2 is 2.00 bits per heavy atom. The number of hydrogen-bond donors (Lipinski definition) is 0. The predicted octanol–water partition coefficient (Wildman–Crippen LogP) is 2.11. The van der Waals surface area contributed by atoms with Gasteiger partial charge in [0.15, 0.2) is 0 Å². The van der Waals surface area contributed by atoms with Crippen LogP contribution in [0.3, 0.4) is 0 Å².